The summed E-state index contributed by atoms with van der Waals surface area (Å²) in [4.78, 5) is 12.3. The van der Waals surface area contributed by atoms with Gasteiger partial charge in [-0.3, -0.25) is 4.68 Å². The molecule has 0 radical (unpaired) electrons. The predicted molar refractivity (Wildman–Crippen MR) is 96.8 cm³/mol. The zero-order valence-electron chi connectivity index (χ0n) is 15.3. The van der Waals surface area contributed by atoms with E-state index in [2.05, 4.69) is 21.8 Å². The zero-order chi connectivity index (χ0) is 18.0. The van der Waals surface area contributed by atoms with Crippen LogP contribution in [-0.2, 0) is 12.5 Å². The van der Waals surface area contributed by atoms with Crippen molar-refractivity contribution in [2.75, 3.05) is 13.7 Å². The van der Waals surface area contributed by atoms with Crippen molar-refractivity contribution in [3.63, 3.8) is 0 Å². The summed E-state index contributed by atoms with van der Waals surface area (Å²) < 4.78 is 7.24. The van der Waals surface area contributed by atoms with Crippen molar-refractivity contribution in [3.8, 4) is 5.75 Å². The predicted octanol–water partition coefficient (Wildman–Crippen LogP) is 2.83. The highest BCUT2D eigenvalue weighted by molar-refractivity contribution is 5.74. The minimum atomic E-state index is -0.156. The van der Waals surface area contributed by atoms with Crippen LogP contribution in [0.25, 0.3) is 0 Å². The summed E-state index contributed by atoms with van der Waals surface area (Å²) in [6.45, 7) is 4.53. The average Bonchev–Trinajstić information content (AvgIpc) is 3.31. The Balaban J connectivity index is 1.60. The molecule has 2 N–H and O–H groups in total. The van der Waals surface area contributed by atoms with Crippen LogP contribution in [-0.4, -0.2) is 29.5 Å². The van der Waals surface area contributed by atoms with Gasteiger partial charge in [-0.2, -0.15) is 5.10 Å². The molecule has 1 aliphatic carbocycles. The van der Waals surface area contributed by atoms with Crippen LogP contribution >= 0.6 is 0 Å². The van der Waals surface area contributed by atoms with Gasteiger partial charge in [0.05, 0.1) is 18.8 Å². The Labute approximate surface area is 148 Å². The molecule has 0 bridgehead atoms. The number of nitrogens with zero attached hydrogens (tertiary/aromatic N) is 2. The number of aromatic nitrogens is 2. The van der Waals surface area contributed by atoms with E-state index in [0.717, 1.165) is 29.8 Å². The van der Waals surface area contributed by atoms with E-state index >= 15 is 0 Å². The fourth-order valence-corrected chi connectivity index (χ4v) is 3.39. The Morgan fingerprint density at radius 1 is 1.40 bits per heavy atom. The molecule has 1 heterocycles. The third kappa shape index (κ3) is 3.62. The molecule has 0 spiro atoms. The normalized spacial score (nSPS) is 16.2. The number of aryl methyl sites for hydroxylation is 2. The monoisotopic (exact) mass is 342 g/mol. The van der Waals surface area contributed by atoms with Crippen LogP contribution in [0.3, 0.4) is 0 Å². The number of benzene rings is 1. The van der Waals surface area contributed by atoms with Crippen LogP contribution in [0.15, 0.2) is 30.5 Å². The van der Waals surface area contributed by atoms with Crippen molar-refractivity contribution in [1.82, 2.24) is 20.4 Å². The lowest BCUT2D eigenvalue weighted by molar-refractivity contribution is 0.236. The second-order valence-corrected chi connectivity index (χ2v) is 6.87. The van der Waals surface area contributed by atoms with Gasteiger partial charge in [-0.15, -0.1) is 0 Å². The lowest BCUT2D eigenvalue weighted by atomic mass is 9.95. The van der Waals surface area contributed by atoms with Gasteiger partial charge in [-0.25, -0.2) is 4.79 Å². The third-order valence-electron chi connectivity index (χ3n) is 4.98. The summed E-state index contributed by atoms with van der Waals surface area (Å²) in [6, 6.07) is 7.81. The van der Waals surface area contributed by atoms with Crippen molar-refractivity contribution < 1.29 is 9.53 Å². The Bertz CT molecular complexity index is 765. The van der Waals surface area contributed by atoms with Crippen LogP contribution in [0.5, 0.6) is 5.75 Å². The number of hydrogen-bond donors (Lipinski definition) is 2. The molecule has 1 saturated carbocycles. The first-order valence-corrected chi connectivity index (χ1v) is 8.63. The van der Waals surface area contributed by atoms with E-state index in [9.17, 15) is 4.79 Å². The number of amides is 2. The molecule has 1 atom stereocenters. The van der Waals surface area contributed by atoms with Gasteiger partial charge >= 0.3 is 6.03 Å². The fraction of sp³-hybridized carbons (Fsp3) is 0.474. The zero-order valence-corrected chi connectivity index (χ0v) is 15.3. The van der Waals surface area contributed by atoms with Gasteiger partial charge in [0, 0.05) is 36.3 Å². The van der Waals surface area contributed by atoms with Gasteiger partial charge in [0.1, 0.15) is 5.75 Å². The Morgan fingerprint density at radius 2 is 2.12 bits per heavy atom. The largest absolute Gasteiger partial charge is 0.496 e. The van der Waals surface area contributed by atoms with Gasteiger partial charge in [-0.05, 0) is 32.8 Å². The van der Waals surface area contributed by atoms with Crippen LogP contribution < -0.4 is 15.4 Å². The first-order valence-electron chi connectivity index (χ1n) is 8.63. The smallest absolute Gasteiger partial charge is 0.315 e. The van der Waals surface area contributed by atoms with E-state index in [-0.39, 0.29) is 17.5 Å². The van der Waals surface area contributed by atoms with Crippen LogP contribution in [0, 0.1) is 6.92 Å². The Hall–Kier alpha value is -2.50. The topological polar surface area (TPSA) is 68.2 Å². The molecular weight excluding hydrogens is 316 g/mol. The maximum Gasteiger partial charge on any atom is 0.315 e. The summed E-state index contributed by atoms with van der Waals surface area (Å²) in [5.41, 5.74) is 3.14. The molecule has 25 heavy (non-hydrogen) atoms. The molecule has 6 nitrogen and oxygen atoms in total. The number of hydrogen-bond acceptors (Lipinski definition) is 3. The number of ether oxygens (including phenoxy) is 1. The minimum absolute atomic E-state index is 0.00258. The molecule has 1 aliphatic rings. The first kappa shape index (κ1) is 17.3. The van der Waals surface area contributed by atoms with Crippen molar-refractivity contribution in [2.45, 2.75) is 38.1 Å². The lowest BCUT2D eigenvalue weighted by Crippen LogP contribution is -2.41. The molecule has 0 saturated heterocycles. The van der Waals surface area contributed by atoms with Gasteiger partial charge < -0.3 is 15.4 Å². The Morgan fingerprint density at radius 3 is 2.72 bits per heavy atom. The Kier molecular flexibility index (Phi) is 4.70. The molecular formula is C19H26N4O2. The maximum atomic E-state index is 12.3. The summed E-state index contributed by atoms with van der Waals surface area (Å²) >= 11 is 0. The van der Waals surface area contributed by atoms with E-state index in [4.69, 9.17) is 4.74 Å². The summed E-state index contributed by atoms with van der Waals surface area (Å²) in [5.74, 6) is 0.890. The minimum Gasteiger partial charge on any atom is -0.496 e. The number of urea groups is 1. The first-order chi connectivity index (χ1) is 11.9. The molecule has 0 unspecified atom stereocenters. The highest BCUT2D eigenvalue weighted by Gasteiger charge is 2.46. The van der Waals surface area contributed by atoms with Gasteiger partial charge in [0.25, 0.3) is 0 Å². The van der Waals surface area contributed by atoms with E-state index in [1.54, 1.807) is 11.8 Å². The molecule has 3 rings (SSSR count). The van der Waals surface area contributed by atoms with E-state index in [0.29, 0.717) is 6.54 Å². The van der Waals surface area contributed by atoms with Crippen LogP contribution in [0.4, 0.5) is 4.79 Å². The van der Waals surface area contributed by atoms with E-state index in [1.165, 1.54) is 5.56 Å². The van der Waals surface area contributed by atoms with E-state index < -0.39 is 0 Å². The highest BCUT2D eigenvalue weighted by Crippen LogP contribution is 2.50. The summed E-state index contributed by atoms with van der Waals surface area (Å²) in [7, 11) is 3.57. The number of methoxy groups -OCH3 is 1. The number of carbonyl (C=O) groups is 1. The third-order valence-corrected chi connectivity index (χ3v) is 4.98. The van der Waals surface area contributed by atoms with Gasteiger partial charge in [0.2, 0.25) is 0 Å². The average molecular weight is 342 g/mol. The quantitative estimate of drug-likeness (QED) is 0.848. The molecule has 134 valence electrons. The molecule has 1 aromatic heterocycles. The van der Waals surface area contributed by atoms with Gasteiger partial charge in [-0.1, -0.05) is 18.2 Å². The maximum absolute atomic E-state index is 12.3. The molecule has 1 fully saturated rings. The molecule has 2 amide bonds. The van der Waals surface area contributed by atoms with Crippen molar-refractivity contribution in [2.24, 2.45) is 7.05 Å². The van der Waals surface area contributed by atoms with Crippen molar-refractivity contribution in [1.29, 1.82) is 0 Å². The van der Waals surface area contributed by atoms with E-state index in [1.807, 2.05) is 45.3 Å². The molecule has 0 aliphatic heterocycles. The van der Waals surface area contributed by atoms with Crippen molar-refractivity contribution >= 4 is 6.03 Å². The second kappa shape index (κ2) is 6.78. The summed E-state index contributed by atoms with van der Waals surface area (Å²) in [5, 5.41) is 10.3. The fourth-order valence-electron chi connectivity index (χ4n) is 3.39. The molecule has 2 aromatic rings. The molecule has 6 heteroatoms. The number of carbonyl (C=O) groups excluding carboxylic acids is 1. The van der Waals surface area contributed by atoms with Crippen molar-refractivity contribution in [3.05, 3.63) is 47.3 Å². The summed E-state index contributed by atoms with van der Waals surface area (Å²) in [6.07, 6.45) is 4.06. The number of rotatable bonds is 6. The molecule has 1 aromatic carbocycles. The van der Waals surface area contributed by atoms with Gasteiger partial charge in [0.15, 0.2) is 0 Å². The lowest BCUT2D eigenvalue weighted by Gasteiger charge is -2.20. The highest BCUT2D eigenvalue weighted by atomic mass is 16.5. The SMILES string of the molecule is COc1ccccc1C1(CNC(=O)N[C@H](C)c2cn(C)nc2C)CC1. The van der Waals surface area contributed by atoms with Crippen LogP contribution in [0.1, 0.15) is 42.6 Å². The van der Waals surface area contributed by atoms with Crippen LogP contribution in [0.2, 0.25) is 0 Å². The second-order valence-electron chi connectivity index (χ2n) is 6.87. The number of para-hydroxylation sites is 1. The standard InChI is InChI=1S/C19H26N4O2/c1-13(15-11-23(3)22-14(15)2)21-18(24)20-12-19(9-10-19)16-7-5-6-8-17(16)25-4/h5-8,11,13H,9-10,12H2,1-4H3,(H2,20,21,24)/t13-/m1/s1. The number of nitrogens with one attached hydrogen (secondary N) is 2.